The molecule has 1 aromatic rings. The van der Waals surface area contributed by atoms with Crippen LogP contribution in [0, 0.1) is 91.3 Å². The number of terminal acetylenes is 3. The third-order valence-electron chi connectivity index (χ3n) is 14.1. The summed E-state index contributed by atoms with van der Waals surface area (Å²) in [6.07, 6.45) is 41.3. The van der Waals surface area contributed by atoms with E-state index in [2.05, 4.69) is 136 Å². The molecule has 0 aromatic heterocycles. The Bertz CT molecular complexity index is 1120. The summed E-state index contributed by atoms with van der Waals surface area (Å²) in [5.74, 6) is 5.35. The summed E-state index contributed by atoms with van der Waals surface area (Å²) in [7, 11) is 4.44. The fourth-order valence-corrected chi connectivity index (χ4v) is 12.5. The molecule has 5 fully saturated rings. The molecule has 49 heavy (non-hydrogen) atoms. The molecule has 0 bridgehead atoms. The number of aryl methyl sites for hydroxylation is 1. The van der Waals surface area contributed by atoms with Gasteiger partial charge in [0.05, 0.1) is 0 Å². The normalized spacial score (nSPS) is 36.0. The highest BCUT2D eigenvalue weighted by atomic mass is 15.1. The largest absolute Gasteiger partial charge is 0.310 e. The van der Waals surface area contributed by atoms with Crippen molar-refractivity contribution in [3.8, 4) is 38.5 Å². The summed E-state index contributed by atoms with van der Waals surface area (Å²) in [6.45, 7) is 23.7. The van der Waals surface area contributed by atoms with Gasteiger partial charge in [0.1, 0.15) is 0 Å². The van der Waals surface area contributed by atoms with Crippen LogP contribution in [0.25, 0.3) is 0 Å². The standard InChI is InChI=1S/C36H58N2.C3H8.C2H6.3C2H2/c1-25-10-12-26(13-11-25)28-16-20-35(5)31(33(28,2)3)18-21-34(4)29-17-22-36(37-23-24-38(6)7)19-8-9-30(36)27(29)14-15-32(34)35;1-3-2;4*1-2/h10-13,27-32,37H,8-9,14-24H2,1-7H3;3H2,1-2H3;1-2H3;3*1-2H/t27-,28+,29?,30?,31?,32?,34-,35-,36-;;;;;/m0...../s1. The van der Waals surface area contributed by atoms with Crippen molar-refractivity contribution in [1.82, 2.24) is 10.2 Å². The maximum atomic E-state index is 4.19. The zero-order chi connectivity index (χ0) is 37.6. The van der Waals surface area contributed by atoms with Crippen LogP contribution in [0.4, 0.5) is 0 Å². The molecule has 2 nitrogen and oxygen atoms in total. The van der Waals surface area contributed by atoms with Gasteiger partial charge in [-0.05, 0) is 143 Å². The summed E-state index contributed by atoms with van der Waals surface area (Å²) in [6, 6.07) is 9.59. The quantitative estimate of drug-likeness (QED) is 0.314. The van der Waals surface area contributed by atoms with Crippen LogP contribution in [0.15, 0.2) is 24.3 Å². The zero-order valence-corrected chi connectivity index (χ0v) is 34.1. The minimum atomic E-state index is 0.379. The second kappa shape index (κ2) is 20.0. The third kappa shape index (κ3) is 9.01. The van der Waals surface area contributed by atoms with Crippen LogP contribution in [-0.2, 0) is 0 Å². The molecule has 0 radical (unpaired) electrons. The first kappa shape index (κ1) is 44.8. The first-order chi connectivity index (χ1) is 23.4. The van der Waals surface area contributed by atoms with Crippen LogP contribution in [0.5, 0.6) is 0 Å². The van der Waals surface area contributed by atoms with Gasteiger partial charge in [0, 0.05) is 18.6 Å². The fourth-order valence-electron chi connectivity index (χ4n) is 12.5. The van der Waals surface area contributed by atoms with E-state index in [9.17, 15) is 0 Å². The Morgan fingerprint density at radius 1 is 0.694 bits per heavy atom. The van der Waals surface area contributed by atoms with Crippen molar-refractivity contribution in [2.75, 3.05) is 27.2 Å². The van der Waals surface area contributed by atoms with Crippen LogP contribution < -0.4 is 5.32 Å². The molecule has 276 valence electrons. The van der Waals surface area contributed by atoms with Crippen LogP contribution in [-0.4, -0.2) is 37.6 Å². The van der Waals surface area contributed by atoms with Gasteiger partial charge in [-0.2, -0.15) is 0 Å². The molecule has 0 amide bonds. The lowest BCUT2D eigenvalue weighted by molar-refractivity contribution is -0.195. The van der Waals surface area contributed by atoms with Crippen molar-refractivity contribution in [1.29, 1.82) is 0 Å². The Balaban J connectivity index is 0.000000989. The third-order valence-corrected chi connectivity index (χ3v) is 14.1. The number of hydrogen-bond acceptors (Lipinski definition) is 2. The Hall–Kier alpha value is -2.18. The van der Waals surface area contributed by atoms with Crippen molar-refractivity contribution in [2.24, 2.45) is 45.8 Å². The van der Waals surface area contributed by atoms with E-state index in [1.54, 1.807) is 5.56 Å². The van der Waals surface area contributed by atoms with E-state index in [0.29, 0.717) is 27.7 Å². The van der Waals surface area contributed by atoms with Crippen LogP contribution in [0.2, 0.25) is 0 Å². The molecule has 0 spiro atoms. The number of nitrogens with zero attached hydrogens (tertiary/aromatic N) is 1. The maximum Gasteiger partial charge on any atom is 0.0213 e. The van der Waals surface area contributed by atoms with Gasteiger partial charge in [-0.1, -0.05) is 98.1 Å². The average molecular weight is 671 g/mol. The lowest BCUT2D eigenvalue weighted by Gasteiger charge is -2.69. The summed E-state index contributed by atoms with van der Waals surface area (Å²) in [5, 5.41) is 4.19. The van der Waals surface area contributed by atoms with E-state index in [4.69, 9.17) is 0 Å². The number of rotatable bonds is 5. The number of likely N-dealkylation sites (N-methyl/N-ethyl adjacent to an activating group) is 1. The van der Waals surface area contributed by atoms with Crippen molar-refractivity contribution in [2.45, 2.75) is 151 Å². The number of fused-ring (bicyclic) bond motifs is 7. The highest BCUT2D eigenvalue weighted by molar-refractivity contribution is 5.28. The second-order valence-corrected chi connectivity index (χ2v) is 17.0. The van der Waals surface area contributed by atoms with E-state index in [0.717, 1.165) is 36.1 Å². The van der Waals surface area contributed by atoms with Gasteiger partial charge in [0.25, 0.3) is 0 Å². The topological polar surface area (TPSA) is 15.3 Å². The number of nitrogens with one attached hydrogen (secondary N) is 1. The summed E-state index contributed by atoms with van der Waals surface area (Å²) in [4.78, 5) is 2.35. The van der Waals surface area contributed by atoms with Gasteiger partial charge in [-0.3, -0.25) is 0 Å². The Labute approximate surface area is 307 Å². The van der Waals surface area contributed by atoms with Crippen molar-refractivity contribution in [3.63, 3.8) is 0 Å². The predicted octanol–water partition coefficient (Wildman–Crippen LogP) is 11.6. The van der Waals surface area contributed by atoms with Gasteiger partial charge in [-0.25, -0.2) is 0 Å². The molecule has 5 saturated carbocycles. The predicted molar refractivity (Wildman–Crippen MR) is 218 cm³/mol. The molecule has 6 rings (SSSR count). The van der Waals surface area contributed by atoms with Gasteiger partial charge in [0.15, 0.2) is 0 Å². The second-order valence-electron chi connectivity index (χ2n) is 17.0. The fraction of sp³-hybridized carbons (Fsp3) is 0.745. The molecule has 0 aliphatic heterocycles. The van der Waals surface area contributed by atoms with E-state index < -0.39 is 0 Å². The van der Waals surface area contributed by atoms with Crippen LogP contribution in [0.3, 0.4) is 0 Å². The summed E-state index contributed by atoms with van der Waals surface area (Å²) >= 11 is 0. The highest BCUT2D eigenvalue weighted by Gasteiger charge is 2.66. The van der Waals surface area contributed by atoms with E-state index >= 15 is 0 Å². The van der Waals surface area contributed by atoms with E-state index in [1.807, 2.05) is 13.8 Å². The molecular weight excluding hydrogens is 593 g/mol. The molecule has 5 aliphatic rings. The highest BCUT2D eigenvalue weighted by Crippen LogP contribution is 2.73. The number of hydrogen-bond donors (Lipinski definition) is 1. The Morgan fingerprint density at radius 2 is 1.27 bits per heavy atom. The molecule has 0 saturated heterocycles. The van der Waals surface area contributed by atoms with Crippen LogP contribution >= 0.6 is 0 Å². The van der Waals surface area contributed by atoms with Crippen molar-refractivity contribution >= 4 is 0 Å². The van der Waals surface area contributed by atoms with Crippen LogP contribution in [0.1, 0.15) is 149 Å². The number of benzene rings is 1. The molecule has 4 unspecified atom stereocenters. The van der Waals surface area contributed by atoms with Gasteiger partial charge in [-0.15, -0.1) is 38.5 Å². The molecule has 9 atom stereocenters. The SMILES string of the molecule is C#C.C#C.C#C.CC.CCC.Cc1ccc([C@H]2CC[C@@]3(C)C(CC[C@@]4(C)C5CC[C@@]6(NCCN(C)C)CCCC6[C@H]5CCC43)C2(C)C)cc1. The summed E-state index contributed by atoms with van der Waals surface area (Å²) < 4.78 is 0. The van der Waals surface area contributed by atoms with E-state index in [-0.39, 0.29) is 0 Å². The lowest BCUT2D eigenvalue weighted by atomic mass is 9.35. The van der Waals surface area contributed by atoms with E-state index in [1.165, 1.54) is 89.2 Å². The molecule has 1 N–H and O–H groups in total. The van der Waals surface area contributed by atoms with Gasteiger partial charge in [0.2, 0.25) is 0 Å². The lowest BCUT2D eigenvalue weighted by Crippen LogP contribution is -2.64. The minimum absolute atomic E-state index is 0.379. The average Bonchev–Trinajstić information content (AvgIpc) is 3.53. The molecule has 2 heteroatoms. The Kier molecular flexibility index (Phi) is 18.3. The molecule has 5 aliphatic carbocycles. The maximum absolute atomic E-state index is 4.19. The van der Waals surface area contributed by atoms with Gasteiger partial charge >= 0.3 is 0 Å². The monoisotopic (exact) mass is 671 g/mol. The van der Waals surface area contributed by atoms with Gasteiger partial charge < -0.3 is 10.2 Å². The molecule has 1 aromatic carbocycles. The zero-order valence-electron chi connectivity index (χ0n) is 34.1. The van der Waals surface area contributed by atoms with Crippen molar-refractivity contribution in [3.05, 3.63) is 35.4 Å². The Morgan fingerprint density at radius 3 is 1.84 bits per heavy atom. The first-order valence-corrected chi connectivity index (χ1v) is 19.9. The molecule has 0 heterocycles. The summed E-state index contributed by atoms with van der Waals surface area (Å²) in [5.41, 5.74) is 4.89. The van der Waals surface area contributed by atoms with Crippen molar-refractivity contribution < 1.29 is 0 Å². The smallest absolute Gasteiger partial charge is 0.0213 e. The minimum Gasteiger partial charge on any atom is -0.310 e. The first-order valence-electron chi connectivity index (χ1n) is 19.9. The molecular formula is C47H78N2.